The molecule has 0 spiro atoms. The highest BCUT2D eigenvalue weighted by Crippen LogP contribution is 2.22. The number of benzene rings is 2. The van der Waals surface area contributed by atoms with E-state index in [0.717, 1.165) is 28.0 Å². The molecule has 3 heteroatoms. The molecule has 1 N–H and O–H groups in total. The Kier molecular flexibility index (Phi) is 2.83. The lowest BCUT2D eigenvalue weighted by atomic mass is 10.2. The monoisotopic (exact) mass is 245 g/mol. The summed E-state index contributed by atoms with van der Waals surface area (Å²) in [5.74, 6) is 3.40. The van der Waals surface area contributed by atoms with Crippen LogP contribution in [-0.2, 0) is 0 Å². The van der Waals surface area contributed by atoms with Gasteiger partial charge in [-0.05, 0) is 30.3 Å². The lowest BCUT2D eigenvalue weighted by Crippen LogP contribution is -1.96. The SMILES string of the molecule is C#Cc1cccc(Nc2ncnc3ccccc23)c1. The Morgan fingerprint density at radius 1 is 1.00 bits per heavy atom. The van der Waals surface area contributed by atoms with E-state index in [4.69, 9.17) is 6.42 Å². The van der Waals surface area contributed by atoms with Crippen molar-refractivity contribution in [1.82, 2.24) is 9.97 Å². The molecule has 90 valence electrons. The van der Waals surface area contributed by atoms with Gasteiger partial charge in [0, 0.05) is 16.6 Å². The minimum atomic E-state index is 0.778. The standard InChI is InChI=1S/C16H11N3/c1-2-12-6-5-7-13(10-12)19-16-14-8-3-4-9-15(14)17-11-18-16/h1,3-11H,(H,17,18,19). The van der Waals surface area contributed by atoms with Gasteiger partial charge in [0.05, 0.1) is 5.52 Å². The van der Waals surface area contributed by atoms with Gasteiger partial charge in [0.1, 0.15) is 12.1 Å². The van der Waals surface area contributed by atoms with Gasteiger partial charge in [-0.25, -0.2) is 9.97 Å². The fraction of sp³-hybridized carbons (Fsp3) is 0. The molecule has 3 rings (SSSR count). The van der Waals surface area contributed by atoms with Crippen molar-refractivity contribution < 1.29 is 0 Å². The molecule has 19 heavy (non-hydrogen) atoms. The van der Waals surface area contributed by atoms with E-state index in [0.29, 0.717) is 0 Å². The fourth-order valence-corrected chi connectivity index (χ4v) is 1.93. The average molecular weight is 245 g/mol. The van der Waals surface area contributed by atoms with Crippen molar-refractivity contribution in [3.05, 3.63) is 60.4 Å². The summed E-state index contributed by atoms with van der Waals surface area (Å²) in [6, 6.07) is 15.5. The predicted octanol–water partition coefficient (Wildman–Crippen LogP) is 3.35. The highest BCUT2D eigenvalue weighted by molar-refractivity contribution is 5.90. The Labute approximate surface area is 111 Å². The quantitative estimate of drug-likeness (QED) is 0.703. The molecule has 0 bridgehead atoms. The summed E-state index contributed by atoms with van der Waals surface area (Å²) in [5.41, 5.74) is 2.66. The molecule has 0 unspecified atom stereocenters. The van der Waals surface area contributed by atoms with Crippen LogP contribution in [0, 0.1) is 12.3 Å². The van der Waals surface area contributed by atoms with Crippen LogP contribution in [0.5, 0.6) is 0 Å². The molecule has 1 aromatic heterocycles. The summed E-state index contributed by atoms with van der Waals surface area (Å²) < 4.78 is 0. The van der Waals surface area contributed by atoms with E-state index in [1.807, 2.05) is 48.5 Å². The molecular weight excluding hydrogens is 234 g/mol. The van der Waals surface area contributed by atoms with Gasteiger partial charge in [-0.15, -0.1) is 6.42 Å². The first-order valence-electron chi connectivity index (χ1n) is 5.90. The van der Waals surface area contributed by atoms with Crippen LogP contribution in [0.25, 0.3) is 10.9 Å². The average Bonchev–Trinajstić information content (AvgIpc) is 2.48. The Balaban J connectivity index is 2.04. The highest BCUT2D eigenvalue weighted by atomic mass is 15.0. The van der Waals surface area contributed by atoms with E-state index in [2.05, 4.69) is 21.2 Å². The number of rotatable bonds is 2. The van der Waals surface area contributed by atoms with Crippen molar-refractivity contribution in [1.29, 1.82) is 0 Å². The minimum Gasteiger partial charge on any atom is -0.340 e. The molecule has 3 aromatic rings. The van der Waals surface area contributed by atoms with Crippen LogP contribution < -0.4 is 5.32 Å². The van der Waals surface area contributed by atoms with E-state index in [1.54, 1.807) is 6.33 Å². The second kappa shape index (κ2) is 4.79. The third-order valence-corrected chi connectivity index (χ3v) is 2.83. The van der Waals surface area contributed by atoms with Crippen molar-refractivity contribution in [2.75, 3.05) is 5.32 Å². The van der Waals surface area contributed by atoms with Gasteiger partial charge in [-0.1, -0.05) is 24.1 Å². The summed E-state index contributed by atoms with van der Waals surface area (Å²) in [6.45, 7) is 0. The number of nitrogens with zero attached hydrogens (tertiary/aromatic N) is 2. The summed E-state index contributed by atoms with van der Waals surface area (Å²) in [6.07, 6.45) is 6.95. The van der Waals surface area contributed by atoms with E-state index >= 15 is 0 Å². The van der Waals surface area contributed by atoms with Crippen molar-refractivity contribution in [3.8, 4) is 12.3 Å². The first-order valence-corrected chi connectivity index (χ1v) is 5.90. The van der Waals surface area contributed by atoms with Crippen LogP contribution in [0.1, 0.15) is 5.56 Å². The lowest BCUT2D eigenvalue weighted by molar-refractivity contribution is 1.22. The van der Waals surface area contributed by atoms with Crippen molar-refractivity contribution in [2.24, 2.45) is 0 Å². The Bertz CT molecular complexity index is 767. The molecule has 2 aromatic carbocycles. The van der Waals surface area contributed by atoms with Gasteiger partial charge in [-0.3, -0.25) is 0 Å². The van der Waals surface area contributed by atoms with Gasteiger partial charge >= 0.3 is 0 Å². The Hall–Kier alpha value is -2.86. The zero-order chi connectivity index (χ0) is 13.1. The third kappa shape index (κ3) is 2.24. The minimum absolute atomic E-state index is 0.778. The van der Waals surface area contributed by atoms with E-state index in [9.17, 15) is 0 Å². The summed E-state index contributed by atoms with van der Waals surface area (Å²) in [4.78, 5) is 8.52. The van der Waals surface area contributed by atoms with Crippen molar-refractivity contribution in [3.63, 3.8) is 0 Å². The maximum atomic E-state index is 5.40. The van der Waals surface area contributed by atoms with Crippen LogP contribution in [0.3, 0.4) is 0 Å². The van der Waals surface area contributed by atoms with Crippen LogP contribution in [0.15, 0.2) is 54.9 Å². The third-order valence-electron chi connectivity index (χ3n) is 2.83. The number of aromatic nitrogens is 2. The van der Waals surface area contributed by atoms with Gasteiger partial charge in [-0.2, -0.15) is 0 Å². The molecule has 0 aliphatic rings. The van der Waals surface area contributed by atoms with Gasteiger partial charge in [0.2, 0.25) is 0 Å². The normalized spacial score (nSPS) is 10.1. The maximum absolute atomic E-state index is 5.40. The molecule has 0 saturated heterocycles. The molecule has 0 aliphatic heterocycles. The van der Waals surface area contributed by atoms with Crippen LogP contribution in [0.2, 0.25) is 0 Å². The zero-order valence-corrected chi connectivity index (χ0v) is 10.2. The number of hydrogen-bond donors (Lipinski definition) is 1. The molecule has 0 fully saturated rings. The van der Waals surface area contributed by atoms with Crippen LogP contribution in [0.4, 0.5) is 11.5 Å². The molecule has 0 aliphatic carbocycles. The number of terminal acetylenes is 1. The maximum Gasteiger partial charge on any atom is 0.141 e. The molecule has 0 atom stereocenters. The fourth-order valence-electron chi connectivity index (χ4n) is 1.93. The van der Waals surface area contributed by atoms with E-state index in [-0.39, 0.29) is 0 Å². The number of nitrogens with one attached hydrogen (secondary N) is 1. The number of para-hydroxylation sites is 1. The van der Waals surface area contributed by atoms with E-state index < -0.39 is 0 Å². The molecule has 3 nitrogen and oxygen atoms in total. The highest BCUT2D eigenvalue weighted by Gasteiger charge is 2.03. The molecule has 0 saturated carbocycles. The number of anilines is 2. The molecular formula is C16H11N3. The first-order chi connectivity index (χ1) is 9.36. The van der Waals surface area contributed by atoms with E-state index in [1.165, 1.54) is 0 Å². The van der Waals surface area contributed by atoms with Gasteiger partial charge < -0.3 is 5.32 Å². The van der Waals surface area contributed by atoms with Crippen molar-refractivity contribution >= 4 is 22.4 Å². The molecule has 1 heterocycles. The smallest absolute Gasteiger partial charge is 0.141 e. The van der Waals surface area contributed by atoms with Crippen LogP contribution in [-0.4, -0.2) is 9.97 Å². The zero-order valence-electron chi connectivity index (χ0n) is 10.2. The summed E-state index contributed by atoms with van der Waals surface area (Å²) in [5, 5.41) is 4.26. The second-order valence-electron chi connectivity index (χ2n) is 4.09. The van der Waals surface area contributed by atoms with Gasteiger partial charge in [0.25, 0.3) is 0 Å². The Morgan fingerprint density at radius 2 is 1.89 bits per heavy atom. The largest absolute Gasteiger partial charge is 0.340 e. The second-order valence-corrected chi connectivity index (χ2v) is 4.09. The number of fused-ring (bicyclic) bond motifs is 1. The molecule has 0 amide bonds. The number of hydrogen-bond acceptors (Lipinski definition) is 3. The summed E-state index contributed by atoms with van der Waals surface area (Å²) in [7, 11) is 0. The summed E-state index contributed by atoms with van der Waals surface area (Å²) >= 11 is 0. The molecule has 0 radical (unpaired) electrons. The topological polar surface area (TPSA) is 37.8 Å². The van der Waals surface area contributed by atoms with Crippen molar-refractivity contribution in [2.45, 2.75) is 0 Å². The van der Waals surface area contributed by atoms with Crippen LogP contribution >= 0.6 is 0 Å². The predicted molar refractivity (Wildman–Crippen MR) is 77.2 cm³/mol. The van der Waals surface area contributed by atoms with Gasteiger partial charge in [0.15, 0.2) is 0 Å². The Morgan fingerprint density at radius 3 is 2.79 bits per heavy atom. The lowest BCUT2D eigenvalue weighted by Gasteiger charge is -2.08. The first kappa shape index (κ1) is 11.2.